The summed E-state index contributed by atoms with van der Waals surface area (Å²) in [4.78, 5) is 39.2. The first-order chi connectivity index (χ1) is 38.1. The molecule has 2 saturated carbocycles. The molecule has 2 atom stereocenters. The molecule has 9 rings (SSSR count). The fourth-order valence-electron chi connectivity index (χ4n) is 12.3. The van der Waals surface area contributed by atoms with Crippen LogP contribution in [0.2, 0.25) is 0 Å². The highest BCUT2D eigenvalue weighted by atomic mass is 32.8. The summed E-state index contributed by atoms with van der Waals surface area (Å²) in [6.07, 6.45) is 6.69. The van der Waals surface area contributed by atoms with Gasteiger partial charge in [-0.25, -0.2) is 27.5 Å². The minimum atomic E-state index is -2.71. The second kappa shape index (κ2) is 27.6. The van der Waals surface area contributed by atoms with Crippen molar-refractivity contribution in [2.24, 2.45) is 17.8 Å². The molecule has 3 fully saturated rings. The Morgan fingerprint density at radius 1 is 0.938 bits per heavy atom. The number of benzene rings is 2. The van der Waals surface area contributed by atoms with Gasteiger partial charge in [0.1, 0.15) is 17.5 Å². The van der Waals surface area contributed by atoms with Crippen molar-refractivity contribution in [2.75, 3.05) is 31.5 Å². The van der Waals surface area contributed by atoms with Crippen molar-refractivity contribution < 1.29 is 31.3 Å². The number of aryl methyl sites for hydroxylation is 2. The molecule has 1 aliphatic heterocycles. The molecule has 2 aromatic carbocycles. The maximum Gasteiger partial charge on any atom is 0.267 e. The normalized spacial score (nSPS) is 18.7. The molecule has 0 spiro atoms. The molecule has 2 N–H and O–H groups in total. The Labute approximate surface area is 486 Å². The Kier molecular flexibility index (Phi) is 22.2. The molecule has 5 aromatic rings. The number of fused-ring (bicyclic) bond motifs is 2. The third-order valence-corrected chi connectivity index (χ3v) is 15.7. The van der Waals surface area contributed by atoms with E-state index in [0.29, 0.717) is 70.7 Å². The number of ketones is 1. The number of anilines is 1. The zero-order valence-electron chi connectivity index (χ0n) is 50.4. The molecule has 81 heavy (non-hydrogen) atoms. The Morgan fingerprint density at radius 2 is 1.56 bits per heavy atom. The van der Waals surface area contributed by atoms with Crippen LogP contribution in [0.5, 0.6) is 0 Å². The van der Waals surface area contributed by atoms with Crippen LogP contribution in [-0.2, 0) is 63.2 Å². The van der Waals surface area contributed by atoms with Crippen LogP contribution < -0.4 is 10.9 Å². The van der Waals surface area contributed by atoms with Crippen molar-refractivity contribution in [2.45, 2.75) is 209 Å². The van der Waals surface area contributed by atoms with Crippen LogP contribution in [0.4, 0.5) is 23.2 Å². The molecular formula is C63H88F4N8O4S2. The highest BCUT2D eigenvalue weighted by Crippen LogP contribution is 2.45. The van der Waals surface area contributed by atoms with E-state index in [4.69, 9.17) is 18.9 Å². The molecule has 12 nitrogen and oxygen atoms in total. The molecule has 2 unspecified atom stereocenters. The maximum absolute atomic E-state index is 15.4. The number of nitrogens with zero attached hydrogens (tertiary/aromatic N) is 6. The molecule has 0 amide bonds. The van der Waals surface area contributed by atoms with Gasteiger partial charge in [-0.3, -0.25) is 23.7 Å². The minimum Gasteiger partial charge on any atom is -0.382 e. The molecule has 1 saturated heterocycles. The third-order valence-electron chi connectivity index (χ3n) is 15.7. The van der Waals surface area contributed by atoms with Crippen LogP contribution in [0, 0.1) is 41.7 Å². The van der Waals surface area contributed by atoms with Crippen molar-refractivity contribution in [3.05, 3.63) is 109 Å². The van der Waals surface area contributed by atoms with Gasteiger partial charge < -0.3 is 15.5 Å². The number of halogens is 4. The van der Waals surface area contributed by atoms with Gasteiger partial charge in [0.05, 0.1) is 40.2 Å². The molecule has 0 radical (unpaired) electrons. The van der Waals surface area contributed by atoms with Gasteiger partial charge in [-0.05, 0) is 157 Å². The average molecular weight is 1160 g/mol. The number of rotatable bonds is 17. The van der Waals surface area contributed by atoms with Crippen LogP contribution in [0.1, 0.15) is 203 Å². The molecule has 3 aliphatic carbocycles. The number of Topliss-reactive ketones (excluding diaryl/α,β-unsaturated/α-hetero) is 1. The van der Waals surface area contributed by atoms with Crippen LogP contribution in [0.3, 0.4) is 0 Å². The van der Waals surface area contributed by atoms with Crippen molar-refractivity contribution in [3.63, 3.8) is 0 Å². The highest BCUT2D eigenvalue weighted by molar-refractivity contribution is 8.11. The standard InChI is InChI=1S/C48H64F4N6O2.C13H18N2O.C2H6.OS2/c1-11-12-33-13-14-38(42(40(33)41(53)29(4)5)54-19-20-57-26-46(7,8)60-47(9,10)27-57)58-44(36(28(2)3)24-31-22-34(49)25-35(50)23-31)56-43-39(45(58)59)30(6)21-37(55-43)32-15-17-48(51,52)18-16-32;1-8-5-11-12(6-8)15(7-9(2)16)14-13(11)10-3-4-10;1-2;1-3-2/h13-14,21-23,25,28-29,32,36,53-54H,11-12,15-20,24,26-27H2,1-10H3;8,10H,3-7H2,1-2H3;1-2H3;. The molecule has 4 heterocycles. The first kappa shape index (κ1) is 65.1. The van der Waals surface area contributed by atoms with Crippen molar-refractivity contribution in [3.8, 4) is 5.69 Å². The SMILES string of the molecule is CC.CC(=O)Cn1nc(C2CC2)c2c1CC(C)C2.CCCc1ccc(-n2c(C(Cc3cc(F)cc(F)c3)C(C)C)nc3nc(C4CCC(F)(F)CC4)cc(C)c3c2=O)c(NCCN2CC(C)(C)OC(C)(C)C2)c1C(=N)C(C)C.O=S=S. The van der Waals surface area contributed by atoms with Gasteiger partial charge in [-0.15, -0.1) is 0 Å². The number of hydrogen-bond donors (Lipinski definition) is 2. The second-order valence-electron chi connectivity index (χ2n) is 24.7. The first-order valence-electron chi connectivity index (χ1n) is 29.3. The average Bonchev–Trinajstić information content (AvgIpc) is 4.17. The Bertz CT molecular complexity index is 3100. The molecule has 4 aliphatic rings. The van der Waals surface area contributed by atoms with Gasteiger partial charge in [0.25, 0.3) is 5.56 Å². The largest absolute Gasteiger partial charge is 0.382 e. The van der Waals surface area contributed by atoms with Gasteiger partial charge in [0, 0.05) is 96.7 Å². The summed E-state index contributed by atoms with van der Waals surface area (Å²) >= 11 is 3.75. The monoisotopic (exact) mass is 1160 g/mol. The summed E-state index contributed by atoms with van der Waals surface area (Å²) < 4.78 is 76.5. The number of carbonyl (C=O) groups is 1. The lowest BCUT2D eigenvalue weighted by Crippen LogP contribution is -2.57. The number of morpholine rings is 1. The molecule has 444 valence electrons. The summed E-state index contributed by atoms with van der Waals surface area (Å²) in [6, 6.07) is 9.24. The van der Waals surface area contributed by atoms with Gasteiger partial charge in [0.2, 0.25) is 5.92 Å². The molecule has 18 heteroatoms. The number of hydrogen-bond acceptors (Lipinski definition) is 11. The van der Waals surface area contributed by atoms with E-state index in [9.17, 15) is 27.8 Å². The lowest BCUT2D eigenvalue weighted by molar-refractivity contribution is -0.179. The lowest BCUT2D eigenvalue weighted by Gasteiger charge is -2.47. The van der Waals surface area contributed by atoms with E-state index in [1.807, 2.05) is 71.3 Å². The first-order valence-corrected chi connectivity index (χ1v) is 31.0. The van der Waals surface area contributed by atoms with E-state index in [2.05, 4.69) is 68.0 Å². The quantitative estimate of drug-likeness (QED) is 0.0681. The minimum absolute atomic E-state index is 0.0833. The highest BCUT2D eigenvalue weighted by Gasteiger charge is 2.40. The second-order valence-corrected chi connectivity index (χ2v) is 25.3. The number of ether oxygens (including phenoxy) is 1. The molecular weight excluding hydrogens is 1070 g/mol. The topological polar surface area (TPSA) is 148 Å². The van der Waals surface area contributed by atoms with E-state index in [1.165, 1.54) is 48.3 Å². The van der Waals surface area contributed by atoms with E-state index < -0.39 is 23.5 Å². The summed E-state index contributed by atoms with van der Waals surface area (Å²) in [5.41, 5.74) is 8.35. The number of pyridine rings is 1. The van der Waals surface area contributed by atoms with Gasteiger partial charge in [-0.2, -0.15) is 9.31 Å². The molecule has 3 aromatic heterocycles. The van der Waals surface area contributed by atoms with Crippen molar-refractivity contribution in [1.82, 2.24) is 29.2 Å². The van der Waals surface area contributed by atoms with Crippen LogP contribution in [-0.4, -0.2) is 88.2 Å². The van der Waals surface area contributed by atoms with E-state index >= 15 is 4.79 Å². The van der Waals surface area contributed by atoms with Crippen LogP contribution in [0.25, 0.3) is 16.7 Å². The maximum atomic E-state index is 15.4. The number of alkyl halides is 2. The molecule has 0 bridgehead atoms. The Balaban J connectivity index is 0.000000419. The predicted molar refractivity (Wildman–Crippen MR) is 322 cm³/mol. The zero-order chi connectivity index (χ0) is 59.9. The van der Waals surface area contributed by atoms with E-state index in [-0.39, 0.29) is 88.3 Å². The summed E-state index contributed by atoms with van der Waals surface area (Å²) in [5, 5.41) is 18.2. The number of carbonyl (C=O) groups excluding carboxylic acids is 1. The van der Waals surface area contributed by atoms with Crippen LogP contribution in [0.15, 0.2) is 41.2 Å². The third kappa shape index (κ3) is 16.4. The smallest absolute Gasteiger partial charge is 0.267 e. The lowest BCUT2D eigenvalue weighted by atomic mass is 9.84. The Hall–Kier alpha value is -5.04. The summed E-state index contributed by atoms with van der Waals surface area (Å²) in [6.45, 7) is 31.4. The fraction of sp³-hybridized carbons (Fsp3) is 0.619. The Morgan fingerprint density at radius 3 is 2.11 bits per heavy atom. The number of nitrogens with one attached hydrogen (secondary N) is 2. The van der Waals surface area contributed by atoms with E-state index in [0.717, 1.165) is 55.5 Å². The van der Waals surface area contributed by atoms with E-state index in [1.54, 1.807) is 11.5 Å². The fourth-order valence-corrected chi connectivity index (χ4v) is 12.3. The van der Waals surface area contributed by atoms with Crippen molar-refractivity contribution >= 4 is 49.6 Å². The van der Waals surface area contributed by atoms with Crippen molar-refractivity contribution in [1.29, 1.82) is 5.41 Å². The van der Waals surface area contributed by atoms with Gasteiger partial charge in [-0.1, -0.05) is 67.9 Å². The predicted octanol–water partition coefficient (Wildman–Crippen LogP) is 13.7. The number of aromatic nitrogens is 5. The van der Waals surface area contributed by atoms with Gasteiger partial charge in [0.15, 0.2) is 21.7 Å². The summed E-state index contributed by atoms with van der Waals surface area (Å²) in [7, 11) is 0.0833. The van der Waals surface area contributed by atoms with Crippen LogP contribution >= 0.6 is 0 Å². The van der Waals surface area contributed by atoms with Gasteiger partial charge >= 0.3 is 0 Å². The zero-order valence-corrected chi connectivity index (χ0v) is 52.0. The summed E-state index contributed by atoms with van der Waals surface area (Å²) in [5.74, 6) is -3.10.